The molecule has 0 aliphatic heterocycles. The van der Waals surface area contributed by atoms with Gasteiger partial charge in [-0.25, -0.2) is 9.52 Å². The highest BCUT2D eigenvalue weighted by molar-refractivity contribution is 7.89. The number of fused-ring (bicyclic) bond motifs is 4. The average molecular weight is 471 g/mol. The van der Waals surface area contributed by atoms with Crippen molar-refractivity contribution >= 4 is 21.7 Å². The molecule has 1 atom stereocenters. The molecule has 176 valence electrons. The summed E-state index contributed by atoms with van der Waals surface area (Å²) in [5, 5.41) is 13.7. The van der Waals surface area contributed by atoms with Gasteiger partial charge in [-0.05, 0) is 99.3 Å². The zero-order valence-electron chi connectivity index (χ0n) is 18.9. The third-order valence-corrected chi connectivity index (χ3v) is 9.56. The number of furan rings is 1. The van der Waals surface area contributed by atoms with Gasteiger partial charge in [-0.15, -0.1) is 0 Å². The summed E-state index contributed by atoms with van der Waals surface area (Å²) in [5.41, 5.74) is 5.01. The maximum absolute atomic E-state index is 13.1. The standard InChI is InChI=1S/C25H30N2O5S/c1-25(29)17-10-8-14(9-11-17)23-20(25)13-21(32-23)33(30,31)27-24(28)26-22-18-6-2-4-15(18)12-16-5-3-7-19(16)22/h12-14,17,29H,2-11H2,1H3,(H2,26,27,28)/t14?,17?,25-/m0/s1. The van der Waals surface area contributed by atoms with Crippen molar-refractivity contribution in [1.82, 2.24) is 4.72 Å². The number of carbonyl (C=O) groups excluding carboxylic acids is 1. The van der Waals surface area contributed by atoms with Gasteiger partial charge in [0.25, 0.3) is 10.0 Å². The fourth-order valence-electron chi connectivity index (χ4n) is 6.63. The van der Waals surface area contributed by atoms with Gasteiger partial charge in [0.05, 0.1) is 5.60 Å². The van der Waals surface area contributed by atoms with E-state index in [2.05, 4.69) is 16.1 Å². The summed E-state index contributed by atoms with van der Waals surface area (Å²) in [6.45, 7) is 1.74. The lowest BCUT2D eigenvalue weighted by Gasteiger charge is -2.32. The van der Waals surface area contributed by atoms with E-state index in [9.17, 15) is 18.3 Å². The maximum atomic E-state index is 13.1. The van der Waals surface area contributed by atoms with Crippen molar-refractivity contribution < 1.29 is 22.7 Å². The number of carbonyl (C=O) groups is 1. The Labute approximate surface area is 194 Å². The van der Waals surface area contributed by atoms with Crippen LogP contribution < -0.4 is 10.0 Å². The van der Waals surface area contributed by atoms with E-state index >= 15 is 0 Å². The van der Waals surface area contributed by atoms with Crippen molar-refractivity contribution in [3.63, 3.8) is 0 Å². The molecule has 5 aliphatic rings. The molecule has 33 heavy (non-hydrogen) atoms. The van der Waals surface area contributed by atoms with Crippen LogP contribution in [0.25, 0.3) is 0 Å². The molecule has 2 amide bonds. The molecular formula is C25H30N2O5S. The Bertz CT molecular complexity index is 1220. The second kappa shape index (κ2) is 7.34. The van der Waals surface area contributed by atoms with Gasteiger partial charge in [-0.2, -0.15) is 8.42 Å². The number of sulfonamides is 1. The lowest BCUT2D eigenvalue weighted by molar-refractivity contribution is -0.0159. The molecule has 5 aliphatic carbocycles. The molecule has 8 heteroatoms. The fraction of sp³-hybridized carbons (Fsp3) is 0.560. The number of benzene rings is 1. The van der Waals surface area contributed by atoms with Gasteiger partial charge in [0.1, 0.15) is 5.76 Å². The molecule has 1 heterocycles. The van der Waals surface area contributed by atoms with Crippen LogP contribution in [0.2, 0.25) is 0 Å². The van der Waals surface area contributed by atoms with Crippen LogP contribution in [0.15, 0.2) is 21.6 Å². The van der Waals surface area contributed by atoms with E-state index in [0.717, 1.165) is 81.0 Å². The number of rotatable bonds is 3. The van der Waals surface area contributed by atoms with Crippen LogP contribution in [0.4, 0.5) is 10.5 Å². The van der Waals surface area contributed by atoms with Crippen molar-refractivity contribution in [1.29, 1.82) is 0 Å². The van der Waals surface area contributed by atoms with Crippen molar-refractivity contribution in [3.05, 3.63) is 45.7 Å². The Balaban J connectivity index is 1.28. The van der Waals surface area contributed by atoms with E-state index < -0.39 is 21.7 Å². The van der Waals surface area contributed by atoms with Crippen molar-refractivity contribution in [2.24, 2.45) is 5.92 Å². The molecule has 0 spiro atoms. The van der Waals surface area contributed by atoms with Crippen molar-refractivity contribution in [2.75, 3.05) is 5.32 Å². The predicted octanol–water partition coefficient (Wildman–Crippen LogP) is 4.26. The van der Waals surface area contributed by atoms with Gasteiger partial charge in [0.2, 0.25) is 5.09 Å². The topological polar surface area (TPSA) is 109 Å². The third kappa shape index (κ3) is 3.33. The summed E-state index contributed by atoms with van der Waals surface area (Å²) in [7, 11) is -4.22. The molecule has 0 radical (unpaired) electrons. The van der Waals surface area contributed by atoms with Crippen molar-refractivity contribution in [2.45, 2.75) is 87.7 Å². The van der Waals surface area contributed by atoms with Crippen LogP contribution in [0.1, 0.15) is 84.9 Å². The first-order valence-electron chi connectivity index (χ1n) is 12.1. The lowest BCUT2D eigenvalue weighted by atomic mass is 9.77. The number of aryl methyl sites for hydroxylation is 2. The zero-order chi connectivity index (χ0) is 23.0. The van der Waals surface area contributed by atoms with Gasteiger partial charge in [-0.3, -0.25) is 0 Å². The minimum absolute atomic E-state index is 0.0849. The van der Waals surface area contributed by atoms with Crippen molar-refractivity contribution in [3.8, 4) is 0 Å². The maximum Gasteiger partial charge on any atom is 0.333 e. The molecule has 7 rings (SSSR count). The van der Waals surface area contributed by atoms with Gasteiger partial charge in [0, 0.05) is 23.2 Å². The molecule has 2 bridgehead atoms. The first-order valence-corrected chi connectivity index (χ1v) is 13.6. The van der Waals surface area contributed by atoms with Crippen LogP contribution in [0.3, 0.4) is 0 Å². The highest BCUT2D eigenvalue weighted by atomic mass is 32.2. The largest absolute Gasteiger partial charge is 0.447 e. The summed E-state index contributed by atoms with van der Waals surface area (Å²) in [6, 6.07) is 2.91. The van der Waals surface area contributed by atoms with E-state index in [1.807, 2.05) is 0 Å². The highest BCUT2D eigenvalue weighted by Crippen LogP contribution is 2.52. The molecule has 7 nitrogen and oxygen atoms in total. The number of anilines is 1. The highest BCUT2D eigenvalue weighted by Gasteiger charge is 2.46. The average Bonchev–Trinajstić information content (AvgIpc) is 3.50. The van der Waals surface area contributed by atoms with Gasteiger partial charge < -0.3 is 14.8 Å². The summed E-state index contributed by atoms with van der Waals surface area (Å²) < 4.78 is 34.1. The summed E-state index contributed by atoms with van der Waals surface area (Å²) in [5.74, 6) is 0.749. The molecule has 0 unspecified atom stereocenters. The van der Waals surface area contributed by atoms with Crippen LogP contribution in [0.5, 0.6) is 0 Å². The smallest absolute Gasteiger partial charge is 0.333 e. The summed E-state index contributed by atoms with van der Waals surface area (Å²) in [6.07, 6.45) is 9.43. The second-order valence-electron chi connectivity index (χ2n) is 10.3. The van der Waals surface area contributed by atoms with Crippen LogP contribution >= 0.6 is 0 Å². The summed E-state index contributed by atoms with van der Waals surface area (Å²) >= 11 is 0. The molecule has 1 aromatic carbocycles. The number of urea groups is 1. The number of aliphatic hydroxyl groups is 1. The van der Waals surface area contributed by atoms with E-state index in [1.165, 1.54) is 17.2 Å². The first-order chi connectivity index (χ1) is 15.7. The van der Waals surface area contributed by atoms with E-state index in [1.54, 1.807) is 6.92 Å². The molecular weight excluding hydrogens is 440 g/mol. The SMILES string of the molecule is C[C@@]1(O)c2cc(S(=O)(=O)NC(=O)Nc3c4c(cc5c3CCC5)CCC4)oc2C2CCC1CC2. The lowest BCUT2D eigenvalue weighted by Crippen LogP contribution is -2.35. The number of hydrogen-bond donors (Lipinski definition) is 3. The molecule has 0 saturated heterocycles. The van der Waals surface area contributed by atoms with Gasteiger partial charge >= 0.3 is 6.03 Å². The molecule has 2 aromatic rings. The second-order valence-corrected chi connectivity index (χ2v) is 11.9. The van der Waals surface area contributed by atoms with E-state index in [0.29, 0.717) is 11.3 Å². The third-order valence-electron chi connectivity index (χ3n) is 8.38. The number of hydrogen-bond acceptors (Lipinski definition) is 5. The van der Waals surface area contributed by atoms with E-state index in [4.69, 9.17) is 4.42 Å². The van der Waals surface area contributed by atoms with Gasteiger partial charge in [0.15, 0.2) is 0 Å². The molecule has 3 N–H and O–H groups in total. The quantitative estimate of drug-likeness (QED) is 0.621. The molecule has 1 aromatic heterocycles. The number of amides is 2. The van der Waals surface area contributed by atoms with Gasteiger partial charge in [-0.1, -0.05) is 6.07 Å². The van der Waals surface area contributed by atoms with Crippen LogP contribution in [0, 0.1) is 5.92 Å². The molecule has 1 fully saturated rings. The Morgan fingerprint density at radius 2 is 1.67 bits per heavy atom. The van der Waals surface area contributed by atoms with E-state index in [-0.39, 0.29) is 16.9 Å². The Kier molecular flexibility index (Phi) is 4.72. The first kappa shape index (κ1) is 21.2. The van der Waals surface area contributed by atoms with Crippen LogP contribution in [-0.2, 0) is 41.3 Å². The Morgan fingerprint density at radius 1 is 1.03 bits per heavy atom. The summed E-state index contributed by atoms with van der Waals surface area (Å²) in [4.78, 5) is 12.9. The minimum atomic E-state index is -4.22. The zero-order valence-corrected chi connectivity index (χ0v) is 19.7. The molecule has 1 saturated carbocycles. The number of nitrogens with one attached hydrogen (secondary N) is 2. The normalized spacial score (nSPS) is 27.6. The minimum Gasteiger partial charge on any atom is -0.447 e. The predicted molar refractivity (Wildman–Crippen MR) is 123 cm³/mol. The van der Waals surface area contributed by atoms with Crippen LogP contribution in [-0.4, -0.2) is 19.6 Å². The monoisotopic (exact) mass is 470 g/mol. The fourth-order valence-corrected chi connectivity index (χ4v) is 7.50. The Morgan fingerprint density at radius 3 is 2.30 bits per heavy atom. The Hall–Kier alpha value is -2.32.